The molecule has 0 spiro atoms. The summed E-state index contributed by atoms with van der Waals surface area (Å²) in [4.78, 5) is 15.4. The molecule has 1 atom stereocenters. The smallest absolute Gasteiger partial charge is 0.317 e. The number of aliphatic carboxylic acids is 1. The molecule has 1 saturated heterocycles. The highest BCUT2D eigenvalue weighted by Gasteiger charge is 2.28. The molecule has 0 aromatic heterocycles. The van der Waals surface area contributed by atoms with E-state index >= 15 is 0 Å². The summed E-state index contributed by atoms with van der Waals surface area (Å²) < 4.78 is 0. The molecule has 6 heteroatoms. The Morgan fingerprint density at radius 1 is 1.39 bits per heavy atom. The fourth-order valence-electron chi connectivity index (χ4n) is 3.34. The molecule has 0 amide bonds. The summed E-state index contributed by atoms with van der Waals surface area (Å²) in [5.74, 6) is -0.756. The van der Waals surface area contributed by atoms with Crippen molar-refractivity contribution in [1.82, 2.24) is 9.80 Å². The first-order valence-electron chi connectivity index (χ1n) is 8.07. The van der Waals surface area contributed by atoms with Crippen LogP contribution in [0.25, 0.3) is 0 Å². The zero-order chi connectivity index (χ0) is 17.0. The van der Waals surface area contributed by atoms with Gasteiger partial charge in [0.05, 0.1) is 6.54 Å². The van der Waals surface area contributed by atoms with E-state index in [0.717, 1.165) is 43.1 Å². The normalized spacial score (nSPS) is 18.3. The molecular weight excluding hydrogens is 335 g/mol. The quantitative estimate of drug-likeness (QED) is 0.836. The third-order valence-corrected chi connectivity index (χ3v) is 5.30. The molecule has 1 N–H and O–H groups in total. The second-order valence-electron chi connectivity index (χ2n) is 6.07. The maximum Gasteiger partial charge on any atom is 0.317 e. The van der Waals surface area contributed by atoms with Crippen LogP contribution < -0.4 is 0 Å². The van der Waals surface area contributed by atoms with Crippen molar-refractivity contribution in [2.45, 2.75) is 38.8 Å². The average Bonchev–Trinajstić information content (AvgIpc) is 2.54. The highest BCUT2D eigenvalue weighted by Crippen LogP contribution is 2.32. The maximum absolute atomic E-state index is 11.0. The minimum Gasteiger partial charge on any atom is -0.480 e. The molecule has 0 aliphatic carbocycles. The lowest BCUT2D eigenvalue weighted by atomic mass is 9.99. The fourth-order valence-corrected chi connectivity index (χ4v) is 3.80. The Morgan fingerprint density at radius 2 is 2.04 bits per heavy atom. The van der Waals surface area contributed by atoms with E-state index in [4.69, 9.17) is 28.3 Å². The molecule has 0 bridgehead atoms. The summed E-state index contributed by atoms with van der Waals surface area (Å²) in [6.45, 7) is 6.93. The van der Waals surface area contributed by atoms with Gasteiger partial charge in [-0.25, -0.2) is 0 Å². The van der Waals surface area contributed by atoms with Crippen molar-refractivity contribution in [2.24, 2.45) is 0 Å². The van der Waals surface area contributed by atoms with Gasteiger partial charge < -0.3 is 5.11 Å². The van der Waals surface area contributed by atoms with Gasteiger partial charge in [-0.05, 0) is 50.1 Å². The van der Waals surface area contributed by atoms with E-state index in [-0.39, 0.29) is 12.6 Å². The van der Waals surface area contributed by atoms with Crippen molar-refractivity contribution in [3.8, 4) is 0 Å². The van der Waals surface area contributed by atoms with Crippen LogP contribution in [0.1, 0.15) is 38.3 Å². The number of carboxylic acids is 1. The fraction of sp³-hybridized carbons (Fsp3) is 0.588. The third-order valence-electron chi connectivity index (χ3n) is 4.72. The molecule has 1 unspecified atom stereocenters. The SMILES string of the molecule is CCN(CC(=O)O)C1CCN(C(C)c2cc(Cl)ccc2Cl)CC1. The zero-order valence-corrected chi connectivity index (χ0v) is 15.1. The number of carbonyl (C=O) groups is 1. The summed E-state index contributed by atoms with van der Waals surface area (Å²) in [5.41, 5.74) is 1.05. The molecule has 0 saturated carbocycles. The van der Waals surface area contributed by atoms with E-state index in [2.05, 4.69) is 16.7 Å². The molecule has 1 aliphatic rings. The first-order chi connectivity index (χ1) is 10.9. The van der Waals surface area contributed by atoms with Crippen LogP contribution in [0.3, 0.4) is 0 Å². The van der Waals surface area contributed by atoms with E-state index in [1.54, 1.807) is 6.07 Å². The van der Waals surface area contributed by atoms with Gasteiger partial charge in [0.2, 0.25) is 0 Å². The molecule has 2 rings (SSSR count). The van der Waals surface area contributed by atoms with Gasteiger partial charge in [0.15, 0.2) is 0 Å². The van der Waals surface area contributed by atoms with Crippen molar-refractivity contribution in [2.75, 3.05) is 26.2 Å². The van der Waals surface area contributed by atoms with E-state index in [1.807, 2.05) is 19.1 Å². The number of carboxylic acid groups (broad SMARTS) is 1. The van der Waals surface area contributed by atoms with Gasteiger partial charge in [0.25, 0.3) is 0 Å². The Kier molecular flexibility index (Phi) is 6.72. The van der Waals surface area contributed by atoms with Crippen molar-refractivity contribution in [3.05, 3.63) is 33.8 Å². The molecule has 1 aromatic carbocycles. The molecule has 1 heterocycles. The Hall–Kier alpha value is -0.810. The Morgan fingerprint density at radius 3 is 2.61 bits per heavy atom. The van der Waals surface area contributed by atoms with Crippen LogP contribution >= 0.6 is 23.2 Å². The number of likely N-dealkylation sites (tertiary alicyclic amines) is 1. The monoisotopic (exact) mass is 358 g/mol. The van der Waals surface area contributed by atoms with E-state index in [1.165, 1.54) is 0 Å². The topological polar surface area (TPSA) is 43.8 Å². The summed E-state index contributed by atoms with van der Waals surface area (Å²) in [6, 6.07) is 6.13. The molecule has 128 valence electrons. The number of nitrogens with zero attached hydrogens (tertiary/aromatic N) is 2. The summed E-state index contributed by atoms with van der Waals surface area (Å²) >= 11 is 12.4. The highest BCUT2D eigenvalue weighted by atomic mass is 35.5. The zero-order valence-electron chi connectivity index (χ0n) is 13.6. The highest BCUT2D eigenvalue weighted by molar-refractivity contribution is 6.33. The third kappa shape index (κ3) is 4.83. The van der Waals surface area contributed by atoms with Crippen molar-refractivity contribution in [1.29, 1.82) is 0 Å². The largest absolute Gasteiger partial charge is 0.480 e. The Bertz CT molecular complexity index is 545. The van der Waals surface area contributed by atoms with E-state index in [9.17, 15) is 4.79 Å². The average molecular weight is 359 g/mol. The van der Waals surface area contributed by atoms with Crippen LogP contribution in [0.4, 0.5) is 0 Å². The van der Waals surface area contributed by atoms with Crippen LogP contribution in [0.2, 0.25) is 10.0 Å². The minimum atomic E-state index is -0.756. The van der Waals surface area contributed by atoms with Gasteiger partial charge in [-0.3, -0.25) is 14.6 Å². The minimum absolute atomic E-state index is 0.122. The second-order valence-corrected chi connectivity index (χ2v) is 6.91. The predicted octanol–water partition coefficient (Wildman–Crippen LogP) is 3.93. The van der Waals surface area contributed by atoms with Crippen LogP contribution in [0, 0.1) is 0 Å². The number of hydrogen-bond acceptors (Lipinski definition) is 3. The number of benzene rings is 1. The molecule has 1 aromatic rings. The van der Waals surface area contributed by atoms with Crippen LogP contribution in [-0.4, -0.2) is 53.1 Å². The predicted molar refractivity (Wildman–Crippen MR) is 94.4 cm³/mol. The van der Waals surface area contributed by atoms with Crippen LogP contribution in [-0.2, 0) is 4.79 Å². The summed E-state index contributed by atoms with van der Waals surface area (Å²) in [5, 5.41) is 10.5. The van der Waals surface area contributed by atoms with Crippen molar-refractivity contribution in [3.63, 3.8) is 0 Å². The first-order valence-corrected chi connectivity index (χ1v) is 8.82. The van der Waals surface area contributed by atoms with E-state index in [0.29, 0.717) is 11.1 Å². The van der Waals surface area contributed by atoms with Gasteiger partial charge in [-0.2, -0.15) is 0 Å². The van der Waals surface area contributed by atoms with Crippen molar-refractivity contribution < 1.29 is 9.90 Å². The van der Waals surface area contributed by atoms with Gasteiger partial charge in [0, 0.05) is 35.2 Å². The lowest BCUT2D eigenvalue weighted by Gasteiger charge is -2.40. The number of likely N-dealkylation sites (N-methyl/N-ethyl adjacent to an activating group) is 1. The van der Waals surface area contributed by atoms with Crippen LogP contribution in [0.15, 0.2) is 18.2 Å². The van der Waals surface area contributed by atoms with Gasteiger partial charge >= 0.3 is 5.97 Å². The Labute approximate surface area is 148 Å². The molecule has 0 radical (unpaired) electrons. The lowest BCUT2D eigenvalue weighted by molar-refractivity contribution is -0.139. The number of hydrogen-bond donors (Lipinski definition) is 1. The Balaban J connectivity index is 1.98. The number of piperidine rings is 1. The number of halogens is 2. The maximum atomic E-state index is 11.0. The standard InChI is InChI=1S/C17H24Cl2N2O2/c1-3-20(11-17(22)23)14-6-8-21(9-7-14)12(2)15-10-13(18)4-5-16(15)19/h4-5,10,12,14H,3,6-9,11H2,1-2H3,(H,22,23). The molecular formula is C17H24Cl2N2O2. The molecule has 1 fully saturated rings. The van der Waals surface area contributed by atoms with Crippen LogP contribution in [0.5, 0.6) is 0 Å². The van der Waals surface area contributed by atoms with Gasteiger partial charge in [-0.1, -0.05) is 30.1 Å². The van der Waals surface area contributed by atoms with Crippen molar-refractivity contribution >= 4 is 29.2 Å². The van der Waals surface area contributed by atoms with Gasteiger partial charge in [0.1, 0.15) is 0 Å². The first kappa shape index (κ1) is 18.5. The van der Waals surface area contributed by atoms with Gasteiger partial charge in [-0.15, -0.1) is 0 Å². The molecule has 4 nitrogen and oxygen atoms in total. The number of rotatable bonds is 6. The lowest BCUT2D eigenvalue weighted by Crippen LogP contribution is -2.47. The summed E-state index contributed by atoms with van der Waals surface area (Å²) in [6.07, 6.45) is 1.95. The second kappa shape index (κ2) is 8.34. The summed E-state index contributed by atoms with van der Waals surface area (Å²) in [7, 11) is 0. The molecule has 23 heavy (non-hydrogen) atoms. The van der Waals surface area contributed by atoms with E-state index < -0.39 is 5.97 Å². The molecule has 1 aliphatic heterocycles.